The molecule has 0 aliphatic carbocycles. The molecule has 2 rings (SSSR count). The molecule has 1 fully saturated rings. The molecular weight excluding hydrogens is 302 g/mol. The van der Waals surface area contributed by atoms with Crippen LogP contribution in [0.4, 0.5) is 5.13 Å². The first-order chi connectivity index (χ1) is 10.5. The normalized spacial score (nSPS) is 24.3. The Balaban J connectivity index is 1.82. The minimum atomic E-state index is -1.01. The van der Waals surface area contributed by atoms with Crippen molar-refractivity contribution in [3.8, 4) is 0 Å². The third-order valence-electron chi connectivity index (χ3n) is 4.05. The standard InChI is InChI=1S/C15H23N3O3S/c1-3-4-5-6-7-11-8-15(2,21-13(11)20)12(19)9-16-14-18-17-10-22-14/h10-11H,3-9H2,1-2H3,(H,16,18)/t11-,15+/m1/s1. The highest BCUT2D eigenvalue weighted by Gasteiger charge is 2.47. The van der Waals surface area contributed by atoms with Gasteiger partial charge in [0, 0.05) is 6.42 Å². The molecule has 1 aliphatic rings. The van der Waals surface area contributed by atoms with Gasteiger partial charge in [-0.3, -0.25) is 9.59 Å². The summed E-state index contributed by atoms with van der Waals surface area (Å²) in [7, 11) is 0. The number of esters is 1. The molecule has 122 valence electrons. The van der Waals surface area contributed by atoms with Gasteiger partial charge in [0.05, 0.1) is 12.5 Å². The summed E-state index contributed by atoms with van der Waals surface area (Å²) in [6, 6.07) is 0. The van der Waals surface area contributed by atoms with E-state index in [1.807, 2.05) is 0 Å². The first-order valence-corrected chi connectivity index (χ1v) is 8.69. The molecule has 0 radical (unpaired) electrons. The Kier molecular flexibility index (Phi) is 5.88. The molecule has 0 spiro atoms. The quantitative estimate of drug-likeness (QED) is 0.555. The van der Waals surface area contributed by atoms with Crippen molar-refractivity contribution in [2.75, 3.05) is 11.9 Å². The van der Waals surface area contributed by atoms with E-state index in [1.54, 1.807) is 12.4 Å². The highest BCUT2D eigenvalue weighted by Crippen LogP contribution is 2.34. The van der Waals surface area contributed by atoms with Gasteiger partial charge in [-0.15, -0.1) is 10.2 Å². The van der Waals surface area contributed by atoms with Gasteiger partial charge < -0.3 is 10.1 Å². The second-order valence-electron chi connectivity index (χ2n) is 5.92. The molecule has 7 heteroatoms. The number of anilines is 1. The van der Waals surface area contributed by atoms with Crippen molar-refractivity contribution >= 4 is 28.2 Å². The lowest BCUT2D eigenvalue weighted by atomic mass is 9.89. The van der Waals surface area contributed by atoms with E-state index in [2.05, 4.69) is 22.4 Å². The fraction of sp³-hybridized carbons (Fsp3) is 0.733. The van der Waals surface area contributed by atoms with E-state index in [-0.39, 0.29) is 24.2 Å². The van der Waals surface area contributed by atoms with Crippen LogP contribution in [0.15, 0.2) is 5.51 Å². The Morgan fingerprint density at radius 2 is 2.32 bits per heavy atom. The number of Topliss-reactive ketones (excluding diaryl/α,β-unsaturated/α-hetero) is 1. The van der Waals surface area contributed by atoms with E-state index in [4.69, 9.17) is 4.74 Å². The molecule has 1 aliphatic heterocycles. The van der Waals surface area contributed by atoms with Gasteiger partial charge in [0.15, 0.2) is 11.4 Å². The zero-order chi connectivity index (χ0) is 16.0. The highest BCUT2D eigenvalue weighted by atomic mass is 32.1. The summed E-state index contributed by atoms with van der Waals surface area (Å²) in [5.74, 6) is -0.497. The van der Waals surface area contributed by atoms with Crippen molar-refractivity contribution in [1.29, 1.82) is 0 Å². The zero-order valence-electron chi connectivity index (χ0n) is 13.1. The fourth-order valence-electron chi connectivity index (χ4n) is 2.70. The molecule has 0 saturated carbocycles. The molecule has 0 bridgehead atoms. The number of cyclic esters (lactones) is 1. The van der Waals surface area contributed by atoms with Crippen LogP contribution < -0.4 is 5.32 Å². The Labute approximate surface area is 134 Å². The number of aromatic nitrogens is 2. The van der Waals surface area contributed by atoms with Crippen LogP contribution in [0.1, 0.15) is 52.4 Å². The third-order valence-corrected chi connectivity index (χ3v) is 4.70. The lowest BCUT2D eigenvalue weighted by molar-refractivity contribution is -0.156. The van der Waals surface area contributed by atoms with Crippen molar-refractivity contribution in [2.24, 2.45) is 5.92 Å². The van der Waals surface area contributed by atoms with Gasteiger partial charge >= 0.3 is 5.97 Å². The predicted octanol–water partition coefficient (Wildman–Crippen LogP) is 2.81. The van der Waals surface area contributed by atoms with E-state index >= 15 is 0 Å². The summed E-state index contributed by atoms with van der Waals surface area (Å²) in [5.41, 5.74) is 0.584. The number of ketones is 1. The van der Waals surface area contributed by atoms with Gasteiger partial charge in [-0.1, -0.05) is 43.9 Å². The second kappa shape index (κ2) is 7.67. The molecular formula is C15H23N3O3S. The molecule has 2 heterocycles. The number of carbonyl (C=O) groups excluding carboxylic acids is 2. The van der Waals surface area contributed by atoms with Crippen LogP contribution in [0.3, 0.4) is 0 Å². The number of hydrogen-bond donors (Lipinski definition) is 1. The second-order valence-corrected chi connectivity index (χ2v) is 6.76. The number of rotatable bonds is 9. The van der Waals surface area contributed by atoms with Gasteiger partial charge in [0.1, 0.15) is 5.51 Å². The molecule has 0 amide bonds. The van der Waals surface area contributed by atoms with Crippen LogP contribution in [0.2, 0.25) is 0 Å². The van der Waals surface area contributed by atoms with Gasteiger partial charge in [-0.25, -0.2) is 0 Å². The van der Waals surface area contributed by atoms with Crippen LogP contribution in [-0.2, 0) is 14.3 Å². The molecule has 1 N–H and O–H groups in total. The minimum Gasteiger partial charge on any atom is -0.451 e. The van der Waals surface area contributed by atoms with Crippen LogP contribution in [0.5, 0.6) is 0 Å². The van der Waals surface area contributed by atoms with Gasteiger partial charge in [-0.05, 0) is 13.3 Å². The Morgan fingerprint density at radius 3 is 3.00 bits per heavy atom. The molecule has 22 heavy (non-hydrogen) atoms. The first kappa shape index (κ1) is 16.9. The predicted molar refractivity (Wildman–Crippen MR) is 84.8 cm³/mol. The summed E-state index contributed by atoms with van der Waals surface area (Å²) < 4.78 is 5.39. The van der Waals surface area contributed by atoms with Crippen molar-refractivity contribution in [2.45, 2.75) is 58.0 Å². The van der Waals surface area contributed by atoms with Crippen LogP contribution in [-0.4, -0.2) is 34.1 Å². The average Bonchev–Trinajstić information content (AvgIpc) is 3.10. The molecule has 1 saturated heterocycles. The van der Waals surface area contributed by atoms with Gasteiger partial charge in [-0.2, -0.15) is 0 Å². The molecule has 1 aromatic heterocycles. The Hall–Kier alpha value is -1.50. The zero-order valence-corrected chi connectivity index (χ0v) is 13.9. The molecule has 0 aromatic carbocycles. The lowest BCUT2D eigenvalue weighted by Crippen LogP contribution is -2.39. The Bertz CT molecular complexity index is 506. The minimum absolute atomic E-state index is 0.0987. The summed E-state index contributed by atoms with van der Waals surface area (Å²) in [4.78, 5) is 24.3. The SMILES string of the molecule is CCCCCC[C@@H]1C[C@@](C)(C(=O)CNc2nncs2)OC1=O. The number of ether oxygens (including phenoxy) is 1. The number of nitrogens with zero attached hydrogens (tertiary/aromatic N) is 2. The smallest absolute Gasteiger partial charge is 0.310 e. The molecule has 6 nitrogen and oxygen atoms in total. The van der Waals surface area contributed by atoms with E-state index < -0.39 is 5.60 Å². The van der Waals surface area contributed by atoms with Crippen molar-refractivity contribution in [1.82, 2.24) is 10.2 Å². The summed E-state index contributed by atoms with van der Waals surface area (Å²) in [6.45, 7) is 3.97. The van der Waals surface area contributed by atoms with E-state index in [0.29, 0.717) is 11.6 Å². The average molecular weight is 325 g/mol. The summed E-state index contributed by atoms with van der Waals surface area (Å²) >= 11 is 1.33. The van der Waals surface area contributed by atoms with E-state index in [1.165, 1.54) is 24.2 Å². The topological polar surface area (TPSA) is 81.2 Å². The summed E-state index contributed by atoms with van der Waals surface area (Å²) in [5, 5.41) is 11.0. The molecule has 1 aromatic rings. The molecule has 0 unspecified atom stereocenters. The maximum atomic E-state index is 12.3. The van der Waals surface area contributed by atoms with Crippen molar-refractivity contribution in [3.63, 3.8) is 0 Å². The third kappa shape index (κ3) is 4.25. The van der Waals surface area contributed by atoms with Gasteiger partial charge in [0.25, 0.3) is 0 Å². The van der Waals surface area contributed by atoms with Crippen molar-refractivity contribution in [3.05, 3.63) is 5.51 Å². The number of hydrogen-bond acceptors (Lipinski definition) is 7. The number of unbranched alkanes of at least 4 members (excludes halogenated alkanes) is 3. The van der Waals surface area contributed by atoms with Gasteiger partial charge in [0.2, 0.25) is 5.13 Å². The fourth-order valence-corrected chi connectivity index (χ4v) is 3.15. The van der Waals surface area contributed by atoms with Crippen LogP contribution in [0, 0.1) is 5.92 Å². The maximum Gasteiger partial charge on any atom is 0.310 e. The molecule has 2 atom stereocenters. The lowest BCUT2D eigenvalue weighted by Gasteiger charge is -2.20. The van der Waals surface area contributed by atoms with Crippen LogP contribution in [0.25, 0.3) is 0 Å². The highest BCUT2D eigenvalue weighted by molar-refractivity contribution is 7.13. The monoisotopic (exact) mass is 325 g/mol. The summed E-state index contributed by atoms with van der Waals surface area (Å²) in [6.07, 6.45) is 5.79. The number of carbonyl (C=O) groups is 2. The Morgan fingerprint density at radius 1 is 1.50 bits per heavy atom. The van der Waals surface area contributed by atoms with E-state index in [9.17, 15) is 9.59 Å². The van der Waals surface area contributed by atoms with Crippen LogP contribution >= 0.6 is 11.3 Å². The van der Waals surface area contributed by atoms with Crippen molar-refractivity contribution < 1.29 is 14.3 Å². The number of nitrogens with one attached hydrogen (secondary N) is 1. The largest absolute Gasteiger partial charge is 0.451 e. The maximum absolute atomic E-state index is 12.3. The van der Waals surface area contributed by atoms with E-state index in [0.717, 1.165) is 19.3 Å². The first-order valence-electron chi connectivity index (χ1n) is 7.81.